The van der Waals surface area contributed by atoms with Crippen molar-refractivity contribution < 1.29 is 34.5 Å². The molecule has 0 fully saturated rings. The minimum absolute atomic E-state index is 0.134. The van der Waals surface area contributed by atoms with E-state index in [-0.39, 0.29) is 15.8 Å². The number of hydrogen-bond donors (Lipinski definition) is 0. The van der Waals surface area contributed by atoms with Crippen LogP contribution in [0.3, 0.4) is 0 Å². The lowest BCUT2D eigenvalue weighted by Gasteiger charge is -2.24. The summed E-state index contributed by atoms with van der Waals surface area (Å²) >= 11 is 0. The van der Waals surface area contributed by atoms with E-state index in [1.165, 1.54) is 12.3 Å². The minimum atomic E-state index is -6.00. The molecule has 0 aliphatic carbocycles. The van der Waals surface area contributed by atoms with Crippen LogP contribution in [0.1, 0.15) is 41.5 Å². The molecular weight excluding hydrogens is 380 g/mol. The first-order chi connectivity index (χ1) is 10.0. The molecule has 0 amide bonds. The molecule has 0 nitrogen and oxygen atoms in total. The Morgan fingerprint density at radius 1 is 0.542 bits per heavy atom. The molecule has 0 bridgehead atoms. The predicted octanol–water partition coefficient (Wildman–Crippen LogP) is 6.87. The van der Waals surface area contributed by atoms with Crippen molar-refractivity contribution in [3.8, 4) is 0 Å². The monoisotopic (exact) mass is 410 g/mol. The highest BCUT2D eigenvalue weighted by Crippen LogP contribution is 2.52. The zero-order valence-corrected chi connectivity index (χ0v) is 17.6. The Balaban J connectivity index is -0.000000361. The molecule has 0 rings (SSSR count). The smallest absolute Gasteiger partial charge is 0.418 e. The van der Waals surface area contributed by atoms with E-state index in [1.807, 2.05) is 0 Å². The van der Waals surface area contributed by atoms with Crippen molar-refractivity contribution in [2.45, 2.75) is 51.9 Å². The maximum Gasteiger partial charge on any atom is 0.673 e. The summed E-state index contributed by atoms with van der Waals surface area (Å²) in [7, 11) is -12.3. The fraction of sp³-hybridized carbons (Fsp3) is 1.00. The Bertz CT molecular complexity index is 277. The molecule has 0 N–H and O–H groups in total. The molecule has 0 radical (unpaired) electrons. The second-order valence-corrected chi connectivity index (χ2v) is 14.7. The van der Waals surface area contributed by atoms with Gasteiger partial charge >= 0.3 is 14.5 Å². The molecule has 0 aromatic heterocycles. The summed E-state index contributed by atoms with van der Waals surface area (Å²) < 4.78 is 78.0. The van der Waals surface area contributed by atoms with Gasteiger partial charge < -0.3 is 34.5 Å². The number of rotatable bonds is 3. The molecule has 12 heteroatoms. The summed E-state index contributed by atoms with van der Waals surface area (Å²) in [6.07, 6.45) is 3.02. The third-order valence-electron chi connectivity index (χ3n) is 3.44. The highest BCUT2D eigenvalue weighted by Gasteiger charge is 2.32. The second-order valence-electron chi connectivity index (χ2n) is 7.55. The summed E-state index contributed by atoms with van der Waals surface area (Å²) in [5.74, 6) is 0. The fourth-order valence-electron chi connectivity index (χ4n) is 1.12. The molecule has 0 aliphatic heterocycles. The first kappa shape index (κ1) is 29.2. The van der Waals surface area contributed by atoms with Gasteiger partial charge in [-0.25, -0.2) is 0 Å². The van der Waals surface area contributed by atoms with E-state index in [4.69, 9.17) is 0 Å². The Kier molecular flexibility index (Phi) is 13.6. The predicted molar refractivity (Wildman–Crippen MR) is 98.1 cm³/mol. The maximum absolute atomic E-state index is 9.75. The molecule has 0 aliphatic rings. The highest BCUT2D eigenvalue weighted by molar-refractivity contribution is 7.62. The molecule has 0 spiro atoms. The van der Waals surface area contributed by atoms with Crippen molar-refractivity contribution >= 4 is 30.4 Å². The van der Waals surface area contributed by atoms with E-state index >= 15 is 0 Å². The van der Waals surface area contributed by atoms with E-state index in [9.17, 15) is 34.5 Å². The molecule has 2 unspecified atom stereocenters. The van der Waals surface area contributed by atoms with Crippen LogP contribution in [0.25, 0.3) is 0 Å². The Labute approximate surface area is 143 Å². The zero-order valence-electron chi connectivity index (χ0n) is 15.6. The van der Waals surface area contributed by atoms with Crippen LogP contribution >= 0.6 is 15.8 Å². The van der Waals surface area contributed by atoms with Crippen molar-refractivity contribution in [1.82, 2.24) is 0 Å². The molecule has 0 saturated carbocycles. The average molecular weight is 410 g/mol. The van der Waals surface area contributed by atoms with Crippen molar-refractivity contribution in [3.63, 3.8) is 0 Å². The van der Waals surface area contributed by atoms with Crippen LogP contribution in [0.5, 0.6) is 0 Å². The molecular formula is C12H30B2F8P2. The van der Waals surface area contributed by atoms with Crippen LogP contribution in [0.4, 0.5) is 34.5 Å². The summed E-state index contributed by atoms with van der Waals surface area (Å²) in [5.41, 5.74) is 0. The minimum Gasteiger partial charge on any atom is -0.418 e. The topological polar surface area (TPSA) is 0 Å². The molecule has 0 heterocycles. The summed E-state index contributed by atoms with van der Waals surface area (Å²) in [4.78, 5) is 0. The van der Waals surface area contributed by atoms with E-state index in [1.54, 1.807) is 0 Å². The lowest BCUT2D eigenvalue weighted by molar-refractivity contribution is 0.366. The lowest BCUT2D eigenvalue weighted by atomic mass is 10.3. The van der Waals surface area contributed by atoms with E-state index in [0.717, 1.165) is 0 Å². The van der Waals surface area contributed by atoms with Gasteiger partial charge in [-0.1, -0.05) is 0 Å². The third-order valence-corrected chi connectivity index (χ3v) is 11.1. The number of hydrogen-bond acceptors (Lipinski definition) is 0. The van der Waals surface area contributed by atoms with Crippen LogP contribution in [0.15, 0.2) is 0 Å². The van der Waals surface area contributed by atoms with Gasteiger partial charge in [-0.3, -0.25) is 0 Å². The standard InChI is InChI=1S/C12H28P2.2BF4/c1-11(2,3)13(7)9-10-14(8)12(4,5)6;2*2-1(3,4)5/h9-10H2,1-8H3;;/q;2*-1/p+2. The first-order valence-corrected chi connectivity index (χ1v) is 11.9. The molecule has 24 heavy (non-hydrogen) atoms. The summed E-state index contributed by atoms with van der Waals surface area (Å²) in [6.45, 7) is 19.4. The van der Waals surface area contributed by atoms with Crippen LogP contribution in [0.2, 0.25) is 0 Å². The van der Waals surface area contributed by atoms with Gasteiger partial charge in [0.2, 0.25) is 0 Å². The average Bonchev–Trinajstić information content (AvgIpc) is 2.17. The van der Waals surface area contributed by atoms with E-state index in [0.29, 0.717) is 10.3 Å². The third kappa shape index (κ3) is 33.9. The van der Waals surface area contributed by atoms with Crippen molar-refractivity contribution in [2.24, 2.45) is 0 Å². The van der Waals surface area contributed by atoms with Gasteiger partial charge in [0.25, 0.3) is 0 Å². The zero-order chi connectivity index (χ0) is 20.6. The summed E-state index contributed by atoms with van der Waals surface area (Å²) in [5, 5.41) is 1.18. The van der Waals surface area contributed by atoms with E-state index in [2.05, 4.69) is 54.9 Å². The van der Waals surface area contributed by atoms with Gasteiger partial charge in [-0.15, -0.1) is 0 Å². The molecule has 0 aromatic rings. The van der Waals surface area contributed by atoms with Crippen LogP contribution in [-0.2, 0) is 0 Å². The first-order valence-electron chi connectivity index (χ1n) is 7.45. The van der Waals surface area contributed by atoms with Gasteiger partial charge in [0.15, 0.2) is 0 Å². The van der Waals surface area contributed by atoms with Crippen LogP contribution in [-0.4, -0.2) is 50.5 Å². The highest BCUT2D eigenvalue weighted by atomic mass is 31.1. The number of halogens is 8. The van der Waals surface area contributed by atoms with Crippen molar-refractivity contribution in [2.75, 3.05) is 25.7 Å². The van der Waals surface area contributed by atoms with Gasteiger partial charge in [-0.05, 0) is 41.5 Å². The molecule has 2 atom stereocenters. The Morgan fingerprint density at radius 3 is 0.750 bits per heavy atom. The van der Waals surface area contributed by atoms with Gasteiger partial charge in [0.1, 0.15) is 0 Å². The SMILES string of the molecule is C[PH+](CC[PH+](C)C(C)(C)C)C(C)(C)C.F[B-](F)(F)F.F[B-](F)(F)F. The Morgan fingerprint density at radius 2 is 0.667 bits per heavy atom. The quantitative estimate of drug-likeness (QED) is 0.271. The fourth-order valence-corrected chi connectivity index (χ4v) is 5.62. The normalized spacial score (nSPS) is 15.5. The molecule has 0 saturated heterocycles. The van der Waals surface area contributed by atoms with Gasteiger partial charge in [0, 0.05) is 29.2 Å². The van der Waals surface area contributed by atoms with Gasteiger partial charge in [-0.2, -0.15) is 0 Å². The largest absolute Gasteiger partial charge is 0.673 e. The van der Waals surface area contributed by atoms with E-state index < -0.39 is 14.5 Å². The van der Waals surface area contributed by atoms with Crippen molar-refractivity contribution in [3.05, 3.63) is 0 Å². The Hall–Kier alpha value is 0.430. The van der Waals surface area contributed by atoms with Crippen LogP contribution in [0, 0.1) is 0 Å². The molecule has 150 valence electrons. The van der Waals surface area contributed by atoms with Crippen LogP contribution < -0.4 is 0 Å². The maximum atomic E-state index is 9.75. The van der Waals surface area contributed by atoms with Gasteiger partial charge in [0.05, 0.1) is 22.6 Å². The summed E-state index contributed by atoms with van der Waals surface area (Å²) in [6, 6.07) is 0. The lowest BCUT2D eigenvalue weighted by Crippen LogP contribution is -2.17. The second kappa shape index (κ2) is 11.2. The molecule has 0 aromatic carbocycles. The van der Waals surface area contributed by atoms with Crippen molar-refractivity contribution in [1.29, 1.82) is 0 Å².